The lowest BCUT2D eigenvalue weighted by Crippen LogP contribution is -2.40. The molecule has 46 heavy (non-hydrogen) atoms. The highest BCUT2D eigenvalue weighted by Gasteiger charge is 2.35. The fourth-order valence-corrected chi connectivity index (χ4v) is 6.63. The van der Waals surface area contributed by atoms with Crippen LogP contribution in [0.15, 0.2) is 94.4 Å². The number of esters is 1. The molecule has 1 atom stereocenters. The Hall–Kier alpha value is -4.60. The summed E-state index contributed by atoms with van der Waals surface area (Å²) < 4.78 is 25.4. The maximum absolute atomic E-state index is 14.2. The SMILES string of the molecule is C=CCc1cc(/C=c2/sc3n(c2=O)[C@@H](c2ccccc2OC)C(C(=O)OCC)=C(C)N=3)cc(OCC)c1OCc1ccccc1Cl. The second kappa shape index (κ2) is 14.7. The van der Waals surface area contributed by atoms with Gasteiger partial charge in [-0.15, -0.1) is 6.58 Å². The van der Waals surface area contributed by atoms with Crippen molar-refractivity contribution >= 4 is 35.0 Å². The van der Waals surface area contributed by atoms with Crippen molar-refractivity contribution in [1.29, 1.82) is 0 Å². The van der Waals surface area contributed by atoms with Crippen LogP contribution < -0.4 is 29.1 Å². The van der Waals surface area contributed by atoms with Gasteiger partial charge in [-0.1, -0.05) is 65.4 Å². The number of carbonyl (C=O) groups excluding carboxylic acids is 1. The number of hydrogen-bond acceptors (Lipinski definition) is 8. The molecule has 0 saturated carbocycles. The van der Waals surface area contributed by atoms with Crippen molar-refractivity contribution in [3.8, 4) is 17.2 Å². The predicted octanol–water partition coefficient (Wildman–Crippen LogP) is 6.17. The van der Waals surface area contributed by atoms with Crippen molar-refractivity contribution in [2.45, 2.75) is 39.8 Å². The lowest BCUT2D eigenvalue weighted by molar-refractivity contribution is -0.139. The van der Waals surface area contributed by atoms with Crippen molar-refractivity contribution < 1.29 is 23.7 Å². The Labute approximate surface area is 276 Å². The predicted molar refractivity (Wildman–Crippen MR) is 181 cm³/mol. The highest BCUT2D eigenvalue weighted by atomic mass is 35.5. The first-order valence-electron chi connectivity index (χ1n) is 14.9. The summed E-state index contributed by atoms with van der Waals surface area (Å²) in [6, 6.07) is 17.9. The third-order valence-electron chi connectivity index (χ3n) is 7.40. The van der Waals surface area contributed by atoms with E-state index in [4.69, 9.17) is 30.5 Å². The molecule has 2 heterocycles. The molecule has 0 spiro atoms. The van der Waals surface area contributed by atoms with Gasteiger partial charge in [-0.05, 0) is 63.1 Å². The number of halogens is 1. The molecule has 0 amide bonds. The number of aromatic nitrogens is 1. The number of methoxy groups -OCH3 is 1. The molecule has 10 heteroatoms. The summed E-state index contributed by atoms with van der Waals surface area (Å²) in [5, 5.41) is 0.616. The first kappa shape index (κ1) is 32.8. The van der Waals surface area contributed by atoms with Crippen LogP contribution in [0.4, 0.5) is 0 Å². The van der Waals surface area contributed by atoms with Crippen LogP contribution in [0.3, 0.4) is 0 Å². The van der Waals surface area contributed by atoms with E-state index >= 15 is 0 Å². The molecule has 0 radical (unpaired) electrons. The monoisotopic (exact) mass is 658 g/mol. The third-order valence-corrected chi connectivity index (χ3v) is 8.75. The second-order valence-corrected chi connectivity index (χ2v) is 11.8. The van der Waals surface area contributed by atoms with Gasteiger partial charge in [-0.2, -0.15) is 0 Å². The summed E-state index contributed by atoms with van der Waals surface area (Å²) in [7, 11) is 1.56. The molecule has 1 aliphatic rings. The average molecular weight is 659 g/mol. The molecule has 8 nitrogen and oxygen atoms in total. The molecule has 3 aromatic carbocycles. The molecule has 0 bridgehead atoms. The van der Waals surface area contributed by atoms with Crippen LogP contribution in [-0.4, -0.2) is 30.9 Å². The van der Waals surface area contributed by atoms with Gasteiger partial charge in [-0.3, -0.25) is 9.36 Å². The zero-order valence-corrected chi connectivity index (χ0v) is 27.7. The topological polar surface area (TPSA) is 88.4 Å². The fraction of sp³-hybridized carbons (Fsp3) is 0.250. The minimum atomic E-state index is -0.788. The normalized spacial score (nSPS) is 14.4. The molecule has 238 valence electrons. The Bertz CT molecular complexity index is 1990. The van der Waals surface area contributed by atoms with Crippen molar-refractivity contribution in [3.63, 3.8) is 0 Å². The van der Waals surface area contributed by atoms with Gasteiger partial charge < -0.3 is 18.9 Å². The van der Waals surface area contributed by atoms with Gasteiger partial charge in [0.15, 0.2) is 16.3 Å². The molecule has 0 aliphatic carbocycles. The Morgan fingerprint density at radius 2 is 1.80 bits per heavy atom. The number of fused-ring (bicyclic) bond motifs is 1. The number of allylic oxidation sites excluding steroid dienone is 2. The standard InChI is InChI=1S/C36H35ClN2O6S/c1-6-13-24-18-23(19-29(43-7-2)33(24)45-21-25-14-9-11-16-27(25)37)20-30-34(40)39-32(26-15-10-12-17-28(26)42-5)31(35(41)44-8-3)22(4)38-36(39)46-30/h6,9-12,14-20,32H,1,7-8,13,21H2,2-5H3/b30-20+/t32-/m0/s1. The molecule has 0 fully saturated rings. The number of carbonyl (C=O) groups is 1. The lowest BCUT2D eigenvalue weighted by Gasteiger charge is -2.25. The summed E-state index contributed by atoms with van der Waals surface area (Å²) in [5.41, 5.74) is 3.57. The largest absolute Gasteiger partial charge is 0.496 e. The van der Waals surface area contributed by atoms with Gasteiger partial charge in [0, 0.05) is 21.7 Å². The van der Waals surface area contributed by atoms with E-state index in [1.165, 1.54) is 11.3 Å². The van der Waals surface area contributed by atoms with E-state index in [1.54, 1.807) is 43.7 Å². The summed E-state index contributed by atoms with van der Waals surface area (Å²) in [4.78, 5) is 32.6. The molecule has 5 rings (SSSR count). The number of hydrogen-bond donors (Lipinski definition) is 0. The molecule has 0 N–H and O–H groups in total. The van der Waals surface area contributed by atoms with Crippen molar-refractivity contribution in [2.24, 2.45) is 4.99 Å². The van der Waals surface area contributed by atoms with Crippen molar-refractivity contribution in [2.75, 3.05) is 20.3 Å². The molecule has 4 aromatic rings. The number of rotatable bonds is 12. The summed E-state index contributed by atoms with van der Waals surface area (Å²) in [6.07, 6.45) is 4.11. The van der Waals surface area contributed by atoms with Gasteiger partial charge in [0.05, 0.1) is 36.1 Å². The number of para-hydroxylation sites is 1. The van der Waals surface area contributed by atoms with Gasteiger partial charge in [0.25, 0.3) is 5.56 Å². The van der Waals surface area contributed by atoms with E-state index in [1.807, 2.05) is 61.5 Å². The number of thiazole rings is 1. The van der Waals surface area contributed by atoms with Crippen LogP contribution >= 0.6 is 22.9 Å². The van der Waals surface area contributed by atoms with Gasteiger partial charge >= 0.3 is 5.97 Å². The smallest absolute Gasteiger partial charge is 0.338 e. The minimum Gasteiger partial charge on any atom is -0.496 e. The highest BCUT2D eigenvalue weighted by molar-refractivity contribution is 7.07. The number of benzene rings is 3. The molecule has 1 aromatic heterocycles. The Morgan fingerprint density at radius 3 is 2.52 bits per heavy atom. The summed E-state index contributed by atoms with van der Waals surface area (Å²) in [6.45, 7) is 10.2. The Morgan fingerprint density at radius 1 is 1.04 bits per heavy atom. The minimum absolute atomic E-state index is 0.186. The van der Waals surface area contributed by atoms with E-state index in [9.17, 15) is 9.59 Å². The summed E-state index contributed by atoms with van der Waals surface area (Å²) in [5.74, 6) is 1.14. The Balaban J connectivity index is 1.65. The lowest BCUT2D eigenvalue weighted by atomic mass is 9.95. The van der Waals surface area contributed by atoms with Crippen LogP contribution in [0.1, 0.15) is 49.1 Å². The van der Waals surface area contributed by atoms with Gasteiger partial charge in [0.2, 0.25) is 0 Å². The van der Waals surface area contributed by atoms with Crippen LogP contribution in [0.5, 0.6) is 17.2 Å². The van der Waals surface area contributed by atoms with Crippen molar-refractivity contribution in [1.82, 2.24) is 4.57 Å². The first-order chi connectivity index (χ1) is 22.3. The maximum atomic E-state index is 14.2. The van der Waals surface area contributed by atoms with E-state index in [0.717, 1.165) is 16.7 Å². The second-order valence-electron chi connectivity index (χ2n) is 10.4. The number of nitrogens with zero attached hydrogens (tertiary/aromatic N) is 2. The van der Waals surface area contributed by atoms with Crippen molar-refractivity contribution in [3.05, 3.63) is 132 Å². The van der Waals surface area contributed by atoms with E-state index in [-0.39, 0.29) is 24.3 Å². The van der Waals surface area contributed by atoms with E-state index in [0.29, 0.717) is 55.9 Å². The maximum Gasteiger partial charge on any atom is 0.338 e. The quantitative estimate of drug-likeness (QED) is 0.134. The first-order valence-corrected chi connectivity index (χ1v) is 16.1. The summed E-state index contributed by atoms with van der Waals surface area (Å²) >= 11 is 7.62. The fourth-order valence-electron chi connectivity index (χ4n) is 5.40. The van der Waals surface area contributed by atoms with Crippen LogP contribution in [0.2, 0.25) is 5.02 Å². The van der Waals surface area contributed by atoms with Gasteiger partial charge in [0.1, 0.15) is 18.4 Å². The molecule has 0 unspecified atom stereocenters. The number of ether oxygens (including phenoxy) is 4. The zero-order valence-electron chi connectivity index (χ0n) is 26.2. The van der Waals surface area contributed by atoms with Gasteiger partial charge in [-0.25, -0.2) is 9.79 Å². The molecular weight excluding hydrogens is 624 g/mol. The van der Waals surface area contributed by atoms with E-state index in [2.05, 4.69) is 11.6 Å². The molecule has 0 saturated heterocycles. The average Bonchev–Trinajstić information content (AvgIpc) is 3.34. The third kappa shape index (κ3) is 6.66. The molecule has 1 aliphatic heterocycles. The molecular formula is C36H35ClN2O6S. The van der Waals surface area contributed by atoms with Crippen LogP contribution in [0, 0.1) is 0 Å². The zero-order chi connectivity index (χ0) is 32.8. The highest BCUT2D eigenvalue weighted by Crippen LogP contribution is 2.37. The van der Waals surface area contributed by atoms with Crippen LogP contribution in [-0.2, 0) is 22.6 Å². The van der Waals surface area contributed by atoms with E-state index < -0.39 is 12.0 Å². The van der Waals surface area contributed by atoms with Crippen LogP contribution in [0.25, 0.3) is 6.08 Å². The Kier molecular flexibility index (Phi) is 10.4.